The first kappa shape index (κ1) is 7.68. The third kappa shape index (κ3) is 1.20. The van der Waals surface area contributed by atoms with Gasteiger partial charge in [-0.1, -0.05) is 0 Å². The molecule has 1 aromatic carbocycles. The van der Waals surface area contributed by atoms with E-state index < -0.39 is 0 Å². The minimum Gasteiger partial charge on any atom is -0.253 e. The van der Waals surface area contributed by atoms with Gasteiger partial charge in [0.2, 0.25) is 0 Å². The summed E-state index contributed by atoms with van der Waals surface area (Å²) in [5.74, 6) is 0. The highest BCUT2D eigenvalue weighted by Gasteiger charge is 2.00. The van der Waals surface area contributed by atoms with E-state index in [1.54, 1.807) is 12.4 Å². The Balaban J connectivity index is 2.89. The Kier molecular flexibility index (Phi) is 1.81. The van der Waals surface area contributed by atoms with Gasteiger partial charge in [0.15, 0.2) is 0 Å². The predicted octanol–water partition coefficient (Wildman–Crippen LogP) is 2.70. The van der Waals surface area contributed by atoms with Crippen molar-refractivity contribution in [3.63, 3.8) is 0 Å². The lowest BCUT2D eigenvalue weighted by Gasteiger charge is -1.99. The third-order valence-corrected chi connectivity index (χ3v) is 2.28. The lowest BCUT2D eigenvalue weighted by Crippen LogP contribution is -1.84. The Morgan fingerprint density at radius 2 is 1.92 bits per heavy atom. The van der Waals surface area contributed by atoms with Gasteiger partial charge in [0.05, 0.1) is 5.52 Å². The van der Waals surface area contributed by atoms with Gasteiger partial charge in [0.1, 0.15) is 5.52 Å². The molecule has 3 heteroatoms. The van der Waals surface area contributed by atoms with E-state index in [4.69, 9.17) is 0 Å². The Bertz CT molecular complexity index is 426. The van der Waals surface area contributed by atoms with Crippen LogP contribution in [0.25, 0.3) is 11.0 Å². The van der Waals surface area contributed by atoms with Gasteiger partial charge in [-0.25, -0.2) is 0 Å². The number of halogens is 1. The third-order valence-electron chi connectivity index (χ3n) is 1.67. The normalized spacial score (nSPS) is 10.5. The molecule has 0 aliphatic heterocycles. The molecule has 1 heterocycles. The number of rotatable bonds is 0. The van der Waals surface area contributed by atoms with Gasteiger partial charge >= 0.3 is 0 Å². The molecule has 0 aliphatic rings. The second kappa shape index (κ2) is 2.83. The van der Waals surface area contributed by atoms with Crippen molar-refractivity contribution in [2.24, 2.45) is 0 Å². The molecule has 60 valence electrons. The van der Waals surface area contributed by atoms with E-state index in [0.29, 0.717) is 0 Å². The highest BCUT2D eigenvalue weighted by atomic mass is 79.9. The first-order valence-corrected chi connectivity index (χ1v) is 4.43. The van der Waals surface area contributed by atoms with Crippen LogP contribution in [0.15, 0.2) is 29.0 Å². The van der Waals surface area contributed by atoms with E-state index in [1.165, 1.54) is 5.56 Å². The van der Waals surface area contributed by atoms with Crippen LogP contribution < -0.4 is 0 Å². The summed E-state index contributed by atoms with van der Waals surface area (Å²) in [6.07, 6.45) is 3.40. The van der Waals surface area contributed by atoms with Gasteiger partial charge in [0, 0.05) is 16.9 Å². The summed E-state index contributed by atoms with van der Waals surface area (Å²) in [4.78, 5) is 8.42. The molecule has 0 saturated heterocycles. The van der Waals surface area contributed by atoms with Crippen molar-refractivity contribution >= 4 is 27.0 Å². The van der Waals surface area contributed by atoms with Crippen LogP contribution in [-0.2, 0) is 0 Å². The maximum Gasteiger partial charge on any atom is 0.103 e. The van der Waals surface area contributed by atoms with Crippen LogP contribution in [0.2, 0.25) is 0 Å². The maximum atomic E-state index is 4.21. The highest BCUT2D eigenvalue weighted by molar-refractivity contribution is 9.10. The predicted molar refractivity (Wildman–Crippen MR) is 52.0 cm³/mol. The molecule has 0 aliphatic carbocycles. The summed E-state index contributed by atoms with van der Waals surface area (Å²) in [5, 5.41) is 0. The molecule has 2 aromatic rings. The van der Waals surface area contributed by atoms with Crippen molar-refractivity contribution in [2.45, 2.75) is 6.92 Å². The summed E-state index contributed by atoms with van der Waals surface area (Å²) < 4.78 is 1.01. The number of hydrogen-bond donors (Lipinski definition) is 0. The van der Waals surface area contributed by atoms with Gasteiger partial charge in [-0.2, -0.15) is 0 Å². The zero-order valence-corrected chi connectivity index (χ0v) is 8.17. The van der Waals surface area contributed by atoms with Crippen LogP contribution in [-0.4, -0.2) is 9.97 Å². The van der Waals surface area contributed by atoms with E-state index >= 15 is 0 Å². The van der Waals surface area contributed by atoms with Crippen molar-refractivity contribution in [3.8, 4) is 0 Å². The second-order valence-electron chi connectivity index (χ2n) is 2.67. The zero-order valence-electron chi connectivity index (χ0n) is 6.58. The van der Waals surface area contributed by atoms with Crippen molar-refractivity contribution in [2.75, 3.05) is 0 Å². The summed E-state index contributed by atoms with van der Waals surface area (Å²) in [6.45, 7) is 2.04. The smallest absolute Gasteiger partial charge is 0.103 e. The molecule has 0 spiro atoms. The van der Waals surface area contributed by atoms with Crippen LogP contribution in [0, 0.1) is 6.92 Å². The van der Waals surface area contributed by atoms with Crippen LogP contribution in [0.5, 0.6) is 0 Å². The quantitative estimate of drug-likeness (QED) is 0.686. The SMILES string of the molecule is Cc1cc(Br)c2nccnc2c1. The fourth-order valence-corrected chi connectivity index (χ4v) is 1.83. The standard InChI is InChI=1S/C9H7BrN2/c1-6-4-7(10)9-8(5-6)11-2-3-12-9/h2-5H,1H3. The molecule has 0 fully saturated rings. The fourth-order valence-electron chi connectivity index (χ4n) is 1.16. The number of fused-ring (bicyclic) bond motifs is 1. The minimum absolute atomic E-state index is 0.920. The number of aromatic nitrogens is 2. The number of aryl methyl sites for hydroxylation is 1. The summed E-state index contributed by atoms with van der Waals surface area (Å²) in [6, 6.07) is 4.06. The molecule has 12 heavy (non-hydrogen) atoms. The molecular formula is C9H7BrN2. The maximum absolute atomic E-state index is 4.21. The molecule has 0 N–H and O–H groups in total. The van der Waals surface area contributed by atoms with Gasteiger partial charge < -0.3 is 0 Å². The van der Waals surface area contributed by atoms with Gasteiger partial charge in [-0.3, -0.25) is 9.97 Å². The molecule has 0 saturated carbocycles. The molecule has 2 rings (SSSR count). The topological polar surface area (TPSA) is 25.8 Å². The molecule has 0 radical (unpaired) electrons. The average Bonchev–Trinajstić information content (AvgIpc) is 2.04. The first-order valence-electron chi connectivity index (χ1n) is 3.64. The lowest BCUT2D eigenvalue weighted by molar-refractivity contribution is 1.28. The molecule has 0 bridgehead atoms. The zero-order chi connectivity index (χ0) is 8.55. The van der Waals surface area contributed by atoms with Gasteiger partial charge in [-0.05, 0) is 40.5 Å². The molecule has 2 nitrogen and oxygen atoms in total. The summed E-state index contributed by atoms with van der Waals surface area (Å²) in [7, 11) is 0. The van der Waals surface area contributed by atoms with Crippen molar-refractivity contribution in [1.29, 1.82) is 0 Å². The molecular weight excluding hydrogens is 216 g/mol. The van der Waals surface area contributed by atoms with E-state index in [1.807, 2.05) is 19.1 Å². The first-order chi connectivity index (χ1) is 5.77. The van der Waals surface area contributed by atoms with E-state index in [0.717, 1.165) is 15.5 Å². The van der Waals surface area contributed by atoms with Crippen molar-refractivity contribution < 1.29 is 0 Å². The number of benzene rings is 1. The van der Waals surface area contributed by atoms with E-state index in [9.17, 15) is 0 Å². The van der Waals surface area contributed by atoms with Crippen LogP contribution in [0.4, 0.5) is 0 Å². The number of nitrogens with zero attached hydrogens (tertiary/aromatic N) is 2. The molecule has 0 atom stereocenters. The minimum atomic E-state index is 0.920. The summed E-state index contributed by atoms with van der Waals surface area (Å²) in [5.41, 5.74) is 3.04. The molecule has 1 aromatic heterocycles. The van der Waals surface area contributed by atoms with Gasteiger partial charge in [0.25, 0.3) is 0 Å². The Labute approximate surface area is 78.8 Å². The monoisotopic (exact) mass is 222 g/mol. The highest BCUT2D eigenvalue weighted by Crippen LogP contribution is 2.21. The van der Waals surface area contributed by atoms with E-state index in [2.05, 4.69) is 25.9 Å². The van der Waals surface area contributed by atoms with E-state index in [-0.39, 0.29) is 0 Å². The van der Waals surface area contributed by atoms with Crippen molar-refractivity contribution in [3.05, 3.63) is 34.6 Å². The largest absolute Gasteiger partial charge is 0.253 e. The number of hydrogen-bond acceptors (Lipinski definition) is 2. The van der Waals surface area contributed by atoms with Gasteiger partial charge in [-0.15, -0.1) is 0 Å². The Hall–Kier alpha value is -0.960. The Morgan fingerprint density at radius 3 is 2.75 bits per heavy atom. The average molecular weight is 223 g/mol. The van der Waals surface area contributed by atoms with Crippen LogP contribution >= 0.6 is 15.9 Å². The van der Waals surface area contributed by atoms with Crippen LogP contribution in [0.1, 0.15) is 5.56 Å². The van der Waals surface area contributed by atoms with Crippen LogP contribution in [0.3, 0.4) is 0 Å². The van der Waals surface area contributed by atoms with Crippen molar-refractivity contribution in [1.82, 2.24) is 9.97 Å². The molecule has 0 unspecified atom stereocenters. The Morgan fingerprint density at radius 1 is 1.17 bits per heavy atom. The molecule has 0 amide bonds. The lowest BCUT2D eigenvalue weighted by atomic mass is 10.2. The summed E-state index contributed by atoms with van der Waals surface area (Å²) >= 11 is 3.45. The fraction of sp³-hybridized carbons (Fsp3) is 0.111. The second-order valence-corrected chi connectivity index (χ2v) is 3.53.